The van der Waals surface area contributed by atoms with Crippen molar-refractivity contribution >= 4 is 6.09 Å². The Hall–Kier alpha value is -3.47. The van der Waals surface area contributed by atoms with Crippen LogP contribution in [0.15, 0.2) is 57.8 Å². The number of halogens is 4. The Bertz CT molecular complexity index is 1260. The lowest BCUT2D eigenvalue weighted by Crippen LogP contribution is -2.65. The fourth-order valence-corrected chi connectivity index (χ4v) is 5.91. The van der Waals surface area contributed by atoms with Crippen molar-refractivity contribution in [1.82, 2.24) is 4.90 Å². The van der Waals surface area contributed by atoms with Gasteiger partial charge in [-0.15, -0.1) is 0 Å². The lowest BCUT2D eigenvalue weighted by atomic mass is 9.83. The Morgan fingerprint density at radius 2 is 1.88 bits per heavy atom. The zero-order chi connectivity index (χ0) is 28.3. The summed E-state index contributed by atoms with van der Waals surface area (Å²) in [5.41, 5.74) is 0.522. The molecule has 6 rings (SSSR count). The van der Waals surface area contributed by atoms with Gasteiger partial charge in [0.1, 0.15) is 23.9 Å². The summed E-state index contributed by atoms with van der Waals surface area (Å²) in [6.45, 7) is 5.13. The summed E-state index contributed by atoms with van der Waals surface area (Å²) in [7, 11) is 0. The van der Waals surface area contributed by atoms with E-state index in [0.717, 1.165) is 43.4 Å². The van der Waals surface area contributed by atoms with Gasteiger partial charge in [0.25, 0.3) is 0 Å². The molecule has 0 radical (unpaired) electrons. The summed E-state index contributed by atoms with van der Waals surface area (Å²) in [5.74, 6) is -0.468. The topological polar surface area (TPSA) is 65.1 Å². The number of piperidine rings is 3. The van der Waals surface area contributed by atoms with Crippen molar-refractivity contribution in [2.24, 2.45) is 5.92 Å². The summed E-state index contributed by atoms with van der Waals surface area (Å²) < 4.78 is 76.5. The van der Waals surface area contributed by atoms with Crippen LogP contribution in [0, 0.1) is 18.7 Å². The molecule has 3 fully saturated rings. The zero-order valence-corrected chi connectivity index (χ0v) is 22.3. The molecule has 216 valence electrons. The maximum absolute atomic E-state index is 13.6. The summed E-state index contributed by atoms with van der Waals surface area (Å²) in [6, 6.07) is 8.88. The minimum atomic E-state index is -4.68. The van der Waals surface area contributed by atoms with Crippen LogP contribution in [0.3, 0.4) is 0 Å². The standard InChI is InChI=1S/C29H33F4N2O5/c1-20-15-23(27(39-20)29(31,32)33)17-34(16-21-9-14-37-19-21)28(36)40-26-18-35(11-7-22(26)8-12-35)10-2-13-38-25-5-3-24(30)4-6-25/h3-6,9,14-15,19,22,26H,2,7-8,10-13,16-18H2,1H3/q+1/t22?,26-,35?/m0/s1. The molecule has 0 aliphatic carbocycles. The van der Waals surface area contributed by atoms with Gasteiger partial charge in [0.05, 0.1) is 51.9 Å². The molecule has 2 aromatic heterocycles. The van der Waals surface area contributed by atoms with E-state index in [1.165, 1.54) is 42.5 Å². The first kappa shape index (κ1) is 28.1. The quantitative estimate of drug-likeness (QED) is 0.158. The first-order valence-electron chi connectivity index (χ1n) is 13.5. The van der Waals surface area contributed by atoms with Gasteiger partial charge in [0.15, 0.2) is 6.10 Å². The van der Waals surface area contributed by atoms with Crippen LogP contribution in [-0.2, 0) is 24.0 Å². The molecular formula is C29H33F4N2O5+. The average Bonchev–Trinajstić information content (AvgIpc) is 3.57. The molecule has 7 nitrogen and oxygen atoms in total. The number of hydrogen-bond donors (Lipinski definition) is 0. The summed E-state index contributed by atoms with van der Waals surface area (Å²) in [6.07, 6.45) is -0.151. The van der Waals surface area contributed by atoms with E-state index in [2.05, 4.69) is 0 Å². The number of carbonyl (C=O) groups excluding carboxylic acids is 1. The lowest BCUT2D eigenvalue weighted by Gasteiger charge is -2.52. The molecule has 5 heterocycles. The number of nitrogens with zero attached hydrogens (tertiary/aromatic N) is 2. The first-order chi connectivity index (χ1) is 19.1. The van der Waals surface area contributed by atoms with Crippen LogP contribution in [-0.4, -0.2) is 54.4 Å². The van der Waals surface area contributed by atoms with Crippen molar-refractivity contribution in [3.05, 3.63) is 77.4 Å². The Morgan fingerprint density at radius 3 is 2.55 bits per heavy atom. The van der Waals surface area contributed by atoms with E-state index in [9.17, 15) is 22.4 Å². The van der Waals surface area contributed by atoms with Crippen LogP contribution < -0.4 is 4.74 Å². The molecule has 3 aliphatic rings. The normalized spacial score (nSPS) is 22.3. The first-order valence-corrected chi connectivity index (χ1v) is 13.5. The second-order valence-electron chi connectivity index (χ2n) is 10.8. The molecule has 3 saturated heterocycles. The van der Waals surface area contributed by atoms with E-state index in [0.29, 0.717) is 24.5 Å². The molecular weight excluding hydrogens is 532 g/mol. The van der Waals surface area contributed by atoms with Crippen LogP contribution in [0.1, 0.15) is 41.9 Å². The van der Waals surface area contributed by atoms with E-state index in [4.69, 9.17) is 18.3 Å². The molecule has 40 heavy (non-hydrogen) atoms. The average molecular weight is 566 g/mol. The number of benzene rings is 1. The number of aryl methyl sites for hydroxylation is 1. The van der Waals surface area contributed by atoms with Crippen LogP contribution >= 0.6 is 0 Å². The molecule has 0 unspecified atom stereocenters. The van der Waals surface area contributed by atoms with E-state index in [-0.39, 0.29) is 42.3 Å². The van der Waals surface area contributed by atoms with Gasteiger partial charge >= 0.3 is 12.3 Å². The lowest BCUT2D eigenvalue weighted by molar-refractivity contribution is -0.946. The summed E-state index contributed by atoms with van der Waals surface area (Å²) in [5, 5.41) is 0. The van der Waals surface area contributed by atoms with Gasteiger partial charge in [-0.25, -0.2) is 9.18 Å². The van der Waals surface area contributed by atoms with Crippen molar-refractivity contribution in [3.63, 3.8) is 0 Å². The maximum Gasteiger partial charge on any atom is 0.449 e. The molecule has 3 aliphatic heterocycles. The Labute approximate surface area is 229 Å². The van der Waals surface area contributed by atoms with Gasteiger partial charge in [-0.05, 0) is 43.3 Å². The number of amides is 1. The summed E-state index contributed by atoms with van der Waals surface area (Å²) in [4.78, 5) is 14.7. The van der Waals surface area contributed by atoms with Crippen LogP contribution in [0.4, 0.5) is 22.4 Å². The number of quaternary nitrogens is 1. The zero-order valence-electron chi connectivity index (χ0n) is 22.3. The number of rotatable bonds is 10. The van der Waals surface area contributed by atoms with Gasteiger partial charge in [0, 0.05) is 36.3 Å². The third kappa shape index (κ3) is 6.63. The highest BCUT2D eigenvalue weighted by Gasteiger charge is 2.48. The van der Waals surface area contributed by atoms with E-state index >= 15 is 0 Å². The Morgan fingerprint density at radius 1 is 1.12 bits per heavy atom. The van der Waals surface area contributed by atoms with Crippen molar-refractivity contribution in [1.29, 1.82) is 0 Å². The highest BCUT2D eigenvalue weighted by molar-refractivity contribution is 5.68. The smallest absolute Gasteiger partial charge is 0.449 e. The monoisotopic (exact) mass is 565 g/mol. The number of carbonyl (C=O) groups is 1. The van der Waals surface area contributed by atoms with Crippen molar-refractivity contribution < 1.29 is 45.1 Å². The number of fused-ring (bicyclic) bond motifs is 3. The second kappa shape index (κ2) is 11.6. The Balaban J connectivity index is 1.23. The fourth-order valence-electron chi connectivity index (χ4n) is 5.91. The van der Waals surface area contributed by atoms with Gasteiger partial charge < -0.3 is 22.8 Å². The second-order valence-corrected chi connectivity index (χ2v) is 10.8. The molecule has 2 bridgehead atoms. The van der Waals surface area contributed by atoms with Crippen molar-refractivity contribution in [2.75, 3.05) is 32.8 Å². The molecule has 0 spiro atoms. The van der Waals surface area contributed by atoms with E-state index in [1.54, 1.807) is 18.2 Å². The molecule has 1 atom stereocenters. The third-order valence-corrected chi connectivity index (χ3v) is 7.92. The third-order valence-electron chi connectivity index (χ3n) is 7.92. The van der Waals surface area contributed by atoms with Crippen molar-refractivity contribution in [2.45, 2.75) is 51.6 Å². The minimum absolute atomic E-state index is 0.0367. The molecule has 1 aromatic carbocycles. The van der Waals surface area contributed by atoms with Gasteiger partial charge in [-0.3, -0.25) is 4.90 Å². The molecule has 0 N–H and O–H groups in total. The van der Waals surface area contributed by atoms with Crippen molar-refractivity contribution in [3.8, 4) is 5.75 Å². The van der Waals surface area contributed by atoms with Crippen LogP contribution in [0.5, 0.6) is 5.75 Å². The largest absolute Gasteiger partial charge is 0.493 e. The highest BCUT2D eigenvalue weighted by Crippen LogP contribution is 2.37. The number of alkyl halides is 3. The number of hydrogen-bond acceptors (Lipinski definition) is 5. The molecule has 1 amide bonds. The Kier molecular flexibility index (Phi) is 8.11. The molecule has 0 saturated carbocycles. The van der Waals surface area contributed by atoms with Gasteiger partial charge in [0.2, 0.25) is 5.76 Å². The predicted molar refractivity (Wildman–Crippen MR) is 136 cm³/mol. The van der Waals surface area contributed by atoms with Gasteiger partial charge in [-0.2, -0.15) is 13.2 Å². The number of ether oxygens (including phenoxy) is 2. The predicted octanol–water partition coefficient (Wildman–Crippen LogP) is 6.56. The maximum atomic E-state index is 13.6. The van der Waals surface area contributed by atoms with E-state index in [1.807, 2.05) is 0 Å². The minimum Gasteiger partial charge on any atom is -0.493 e. The number of furan rings is 2. The van der Waals surface area contributed by atoms with Gasteiger partial charge in [-0.1, -0.05) is 0 Å². The fraction of sp³-hybridized carbons (Fsp3) is 0.483. The molecule has 11 heteroatoms. The van der Waals surface area contributed by atoms with Crippen LogP contribution in [0.2, 0.25) is 0 Å². The summed E-state index contributed by atoms with van der Waals surface area (Å²) >= 11 is 0. The molecule has 3 aromatic rings. The SMILES string of the molecule is Cc1cc(CN(Cc2ccoc2)C(=O)O[C@H]2C[N+]3(CCCOc4ccc(F)cc4)CCC2CC3)c(C(F)(F)F)o1. The van der Waals surface area contributed by atoms with E-state index < -0.39 is 18.0 Å². The highest BCUT2D eigenvalue weighted by atomic mass is 19.4. The van der Waals surface area contributed by atoms with Crippen LogP contribution in [0.25, 0.3) is 0 Å².